The number of aliphatic hydroxyl groups is 1. The number of benzene rings is 2. The lowest BCUT2D eigenvalue weighted by Gasteiger charge is -2.20. The second-order valence-corrected chi connectivity index (χ2v) is 5.19. The van der Waals surface area contributed by atoms with Crippen molar-refractivity contribution in [3.63, 3.8) is 0 Å². The van der Waals surface area contributed by atoms with Gasteiger partial charge in [-0.05, 0) is 17.4 Å². The Kier molecular flexibility index (Phi) is 4.25. The minimum atomic E-state index is -0.374. The van der Waals surface area contributed by atoms with Gasteiger partial charge < -0.3 is 15.5 Å². The third-order valence-corrected chi connectivity index (χ3v) is 3.46. The minimum Gasteiger partial charge on any atom is -0.506 e. The first-order valence-electron chi connectivity index (χ1n) is 6.67. The SMILES string of the molecule is CC(C)[C@@H](CO)NC(=O)c1ccc2ccccc2c1O. The molecule has 1 atom stereocenters. The number of amides is 1. The molecule has 20 heavy (non-hydrogen) atoms. The molecule has 2 aromatic rings. The Bertz CT molecular complexity index is 622. The molecule has 0 aliphatic heterocycles. The Balaban J connectivity index is 2.33. The quantitative estimate of drug-likeness (QED) is 0.800. The summed E-state index contributed by atoms with van der Waals surface area (Å²) >= 11 is 0. The summed E-state index contributed by atoms with van der Waals surface area (Å²) in [4.78, 5) is 12.2. The van der Waals surface area contributed by atoms with Crippen LogP contribution in [-0.4, -0.2) is 28.8 Å². The number of aliphatic hydroxyl groups excluding tert-OH is 1. The molecule has 0 heterocycles. The number of phenols is 1. The lowest BCUT2D eigenvalue weighted by Crippen LogP contribution is -2.41. The van der Waals surface area contributed by atoms with E-state index in [0.29, 0.717) is 5.39 Å². The number of carbonyl (C=O) groups is 1. The van der Waals surface area contributed by atoms with E-state index >= 15 is 0 Å². The average molecular weight is 273 g/mol. The smallest absolute Gasteiger partial charge is 0.255 e. The largest absolute Gasteiger partial charge is 0.506 e. The second-order valence-electron chi connectivity index (χ2n) is 5.19. The maximum absolute atomic E-state index is 12.2. The third-order valence-electron chi connectivity index (χ3n) is 3.46. The normalized spacial score (nSPS) is 12.6. The van der Waals surface area contributed by atoms with Gasteiger partial charge >= 0.3 is 0 Å². The van der Waals surface area contributed by atoms with Crippen LogP contribution in [-0.2, 0) is 0 Å². The van der Waals surface area contributed by atoms with Crippen LogP contribution in [0.4, 0.5) is 0 Å². The van der Waals surface area contributed by atoms with Gasteiger partial charge in [-0.3, -0.25) is 4.79 Å². The van der Waals surface area contributed by atoms with Gasteiger partial charge in [0.1, 0.15) is 5.75 Å². The van der Waals surface area contributed by atoms with E-state index in [1.165, 1.54) is 0 Å². The standard InChI is InChI=1S/C16H19NO3/c1-10(2)14(9-18)17-16(20)13-8-7-11-5-3-4-6-12(11)15(13)19/h3-8,10,14,18-19H,9H2,1-2H3,(H,17,20)/t14-/m1/s1. The van der Waals surface area contributed by atoms with E-state index in [1.807, 2.05) is 32.0 Å². The Morgan fingerprint density at radius 3 is 2.55 bits per heavy atom. The molecular weight excluding hydrogens is 254 g/mol. The molecule has 1 amide bonds. The van der Waals surface area contributed by atoms with Crippen LogP contribution in [0.3, 0.4) is 0 Å². The summed E-state index contributed by atoms with van der Waals surface area (Å²) < 4.78 is 0. The fourth-order valence-electron chi connectivity index (χ4n) is 2.11. The van der Waals surface area contributed by atoms with Gasteiger partial charge in [-0.25, -0.2) is 0 Å². The van der Waals surface area contributed by atoms with E-state index in [-0.39, 0.29) is 35.8 Å². The molecule has 3 N–H and O–H groups in total. The summed E-state index contributed by atoms with van der Waals surface area (Å²) in [6.45, 7) is 3.71. The average Bonchev–Trinajstić information content (AvgIpc) is 2.44. The van der Waals surface area contributed by atoms with Gasteiger partial charge in [0.15, 0.2) is 0 Å². The highest BCUT2D eigenvalue weighted by Crippen LogP contribution is 2.28. The van der Waals surface area contributed by atoms with Crippen molar-refractivity contribution in [2.24, 2.45) is 5.92 Å². The first-order chi connectivity index (χ1) is 9.54. The van der Waals surface area contributed by atoms with E-state index in [2.05, 4.69) is 5.32 Å². The molecule has 2 rings (SSSR count). The summed E-state index contributed by atoms with van der Waals surface area (Å²) in [5, 5.41) is 23.7. The molecule has 0 unspecified atom stereocenters. The van der Waals surface area contributed by atoms with E-state index in [0.717, 1.165) is 5.39 Å². The molecule has 0 saturated heterocycles. The van der Waals surface area contributed by atoms with Crippen LogP contribution in [0.2, 0.25) is 0 Å². The van der Waals surface area contributed by atoms with Gasteiger partial charge in [-0.2, -0.15) is 0 Å². The van der Waals surface area contributed by atoms with Crippen LogP contribution in [0.15, 0.2) is 36.4 Å². The summed E-state index contributed by atoms with van der Waals surface area (Å²) in [5.74, 6) is -0.284. The van der Waals surface area contributed by atoms with Gasteiger partial charge in [0.2, 0.25) is 0 Å². The van der Waals surface area contributed by atoms with Crippen LogP contribution in [0, 0.1) is 5.92 Å². The van der Waals surface area contributed by atoms with Gasteiger partial charge in [-0.1, -0.05) is 44.2 Å². The van der Waals surface area contributed by atoms with Crippen molar-refractivity contribution in [2.45, 2.75) is 19.9 Å². The number of hydrogen-bond donors (Lipinski definition) is 3. The van der Waals surface area contributed by atoms with Gasteiger partial charge in [0, 0.05) is 5.39 Å². The van der Waals surface area contributed by atoms with E-state index < -0.39 is 0 Å². The van der Waals surface area contributed by atoms with Crippen molar-refractivity contribution < 1.29 is 15.0 Å². The highest BCUT2D eigenvalue weighted by Gasteiger charge is 2.19. The number of phenolic OH excluding ortho intramolecular Hbond substituents is 1. The van der Waals surface area contributed by atoms with Crippen molar-refractivity contribution in [1.29, 1.82) is 0 Å². The van der Waals surface area contributed by atoms with Crippen LogP contribution in [0.1, 0.15) is 24.2 Å². The summed E-state index contributed by atoms with van der Waals surface area (Å²) in [6, 6.07) is 10.4. The molecule has 0 aliphatic rings. The molecule has 106 valence electrons. The molecular formula is C16H19NO3. The molecule has 2 aromatic carbocycles. The molecule has 4 heteroatoms. The van der Waals surface area contributed by atoms with Crippen LogP contribution in [0.25, 0.3) is 10.8 Å². The van der Waals surface area contributed by atoms with Crippen molar-refractivity contribution in [2.75, 3.05) is 6.61 Å². The van der Waals surface area contributed by atoms with Crippen LogP contribution in [0.5, 0.6) is 5.75 Å². The molecule has 0 fully saturated rings. The van der Waals surface area contributed by atoms with Crippen LogP contribution < -0.4 is 5.32 Å². The third kappa shape index (κ3) is 2.75. The number of carbonyl (C=O) groups excluding carboxylic acids is 1. The van der Waals surface area contributed by atoms with Crippen molar-refractivity contribution >= 4 is 16.7 Å². The molecule has 0 aromatic heterocycles. The number of aromatic hydroxyl groups is 1. The Morgan fingerprint density at radius 1 is 1.20 bits per heavy atom. The lowest BCUT2D eigenvalue weighted by atomic mass is 10.0. The Morgan fingerprint density at radius 2 is 1.90 bits per heavy atom. The zero-order chi connectivity index (χ0) is 14.7. The van der Waals surface area contributed by atoms with E-state index in [4.69, 9.17) is 0 Å². The van der Waals surface area contributed by atoms with Gasteiger partial charge in [-0.15, -0.1) is 0 Å². The van der Waals surface area contributed by atoms with E-state index in [1.54, 1.807) is 18.2 Å². The first kappa shape index (κ1) is 14.3. The van der Waals surface area contributed by atoms with Gasteiger partial charge in [0.05, 0.1) is 18.2 Å². The van der Waals surface area contributed by atoms with Crippen molar-refractivity contribution in [1.82, 2.24) is 5.32 Å². The maximum Gasteiger partial charge on any atom is 0.255 e. The number of nitrogens with one attached hydrogen (secondary N) is 1. The zero-order valence-electron chi connectivity index (χ0n) is 11.6. The number of fused-ring (bicyclic) bond motifs is 1. The summed E-state index contributed by atoms with van der Waals surface area (Å²) in [7, 11) is 0. The predicted molar refractivity (Wildman–Crippen MR) is 78.8 cm³/mol. The van der Waals surface area contributed by atoms with E-state index in [9.17, 15) is 15.0 Å². The molecule has 0 saturated carbocycles. The monoisotopic (exact) mass is 273 g/mol. The molecule has 0 bridgehead atoms. The maximum atomic E-state index is 12.2. The first-order valence-corrected chi connectivity index (χ1v) is 6.67. The topological polar surface area (TPSA) is 69.6 Å². The fraction of sp³-hybridized carbons (Fsp3) is 0.312. The highest BCUT2D eigenvalue weighted by atomic mass is 16.3. The lowest BCUT2D eigenvalue weighted by molar-refractivity contribution is 0.0894. The zero-order valence-corrected chi connectivity index (χ0v) is 11.6. The molecule has 4 nitrogen and oxygen atoms in total. The molecule has 0 spiro atoms. The van der Waals surface area contributed by atoms with Crippen LogP contribution >= 0.6 is 0 Å². The molecule has 0 aliphatic carbocycles. The number of hydrogen-bond acceptors (Lipinski definition) is 3. The summed E-state index contributed by atoms with van der Waals surface area (Å²) in [6.07, 6.45) is 0. The molecule has 0 radical (unpaired) electrons. The summed E-state index contributed by atoms with van der Waals surface area (Å²) in [5.41, 5.74) is 0.225. The van der Waals surface area contributed by atoms with Crippen molar-refractivity contribution in [3.05, 3.63) is 42.0 Å². The highest BCUT2D eigenvalue weighted by molar-refractivity contribution is 6.03. The fourth-order valence-corrected chi connectivity index (χ4v) is 2.11. The van der Waals surface area contributed by atoms with Crippen molar-refractivity contribution in [3.8, 4) is 5.75 Å². The minimum absolute atomic E-state index is 0.0268. The number of rotatable bonds is 4. The Hall–Kier alpha value is -2.07. The second kappa shape index (κ2) is 5.92. The predicted octanol–water partition coefficient (Wildman–Crippen LogP) is 2.29. The van der Waals surface area contributed by atoms with Gasteiger partial charge in [0.25, 0.3) is 5.91 Å². The Labute approximate surface area is 118 Å².